The molecule has 34 heavy (non-hydrogen) atoms. The van der Waals surface area contributed by atoms with Gasteiger partial charge in [-0.3, -0.25) is 4.79 Å². The number of ether oxygens (including phenoxy) is 2. The number of fused-ring (bicyclic) bond motifs is 3. The number of hydrogen-bond donors (Lipinski definition) is 1. The first-order valence-corrected chi connectivity index (χ1v) is 12.5. The Morgan fingerprint density at radius 2 is 2.12 bits per heavy atom. The standard InChI is InChI=1S/C26H35N5O3/c1-3-24(32)23-15-18(8-12-31(23)30-11-4-5-19(17-30)34-14-13-33-2)20-6-9-27-22-16-29-26-21(25(20)22)7-10-28-26/h6-7,9-10,16,18-19,23,27H,3-5,8,11-15,17H2,1-2H3. The van der Waals surface area contributed by atoms with Gasteiger partial charge in [0.25, 0.3) is 0 Å². The molecule has 182 valence electrons. The van der Waals surface area contributed by atoms with Crippen molar-refractivity contribution in [1.29, 1.82) is 0 Å². The summed E-state index contributed by atoms with van der Waals surface area (Å²) >= 11 is 0. The second-order valence-electron chi connectivity index (χ2n) is 9.42. The lowest BCUT2D eigenvalue weighted by Gasteiger charge is -2.47. The summed E-state index contributed by atoms with van der Waals surface area (Å²) in [5.74, 6) is 0.633. The number of carbonyl (C=O) groups is 1. The average Bonchev–Trinajstić information content (AvgIpc) is 3.37. The first kappa shape index (κ1) is 23.4. The molecular weight excluding hydrogens is 430 g/mol. The predicted octanol–water partition coefficient (Wildman–Crippen LogP) is 3.68. The highest BCUT2D eigenvalue weighted by atomic mass is 16.5. The van der Waals surface area contributed by atoms with E-state index in [2.05, 4.69) is 31.0 Å². The first-order chi connectivity index (χ1) is 16.7. The van der Waals surface area contributed by atoms with Crippen molar-refractivity contribution < 1.29 is 14.3 Å². The zero-order chi connectivity index (χ0) is 23.5. The van der Waals surface area contributed by atoms with Crippen LogP contribution in [-0.4, -0.2) is 82.9 Å². The fraction of sp³-hybridized carbons (Fsp3) is 0.577. The highest BCUT2D eigenvalue weighted by molar-refractivity contribution is 6.05. The molecule has 0 saturated carbocycles. The number of piperidine rings is 2. The van der Waals surface area contributed by atoms with Crippen molar-refractivity contribution >= 4 is 27.7 Å². The Bertz CT molecular complexity index is 1130. The third-order valence-corrected chi connectivity index (χ3v) is 7.42. The zero-order valence-corrected chi connectivity index (χ0v) is 20.2. The minimum atomic E-state index is -0.101. The van der Waals surface area contributed by atoms with Crippen LogP contribution >= 0.6 is 0 Å². The van der Waals surface area contributed by atoms with E-state index in [-0.39, 0.29) is 12.1 Å². The maximum absolute atomic E-state index is 13.2. The number of nitrogens with zero attached hydrogens (tertiary/aromatic N) is 4. The number of aromatic nitrogens is 3. The van der Waals surface area contributed by atoms with E-state index in [4.69, 9.17) is 9.47 Å². The summed E-state index contributed by atoms with van der Waals surface area (Å²) in [6.07, 6.45) is 10.4. The summed E-state index contributed by atoms with van der Waals surface area (Å²) in [5, 5.41) is 7.01. The van der Waals surface area contributed by atoms with Crippen LogP contribution in [0.2, 0.25) is 0 Å². The summed E-state index contributed by atoms with van der Waals surface area (Å²) in [4.78, 5) is 25.4. The summed E-state index contributed by atoms with van der Waals surface area (Å²) < 4.78 is 11.2. The van der Waals surface area contributed by atoms with E-state index in [1.807, 2.05) is 31.6 Å². The van der Waals surface area contributed by atoms with Crippen molar-refractivity contribution in [2.24, 2.45) is 0 Å². The van der Waals surface area contributed by atoms with Crippen molar-refractivity contribution in [2.75, 3.05) is 40.0 Å². The number of rotatable bonds is 8. The largest absolute Gasteiger partial charge is 0.382 e. The molecule has 2 saturated heterocycles. The fourth-order valence-corrected chi connectivity index (χ4v) is 5.72. The van der Waals surface area contributed by atoms with Crippen LogP contribution in [0.25, 0.3) is 21.9 Å². The molecule has 2 aliphatic rings. The van der Waals surface area contributed by atoms with Gasteiger partial charge in [0.1, 0.15) is 0 Å². The van der Waals surface area contributed by atoms with Gasteiger partial charge in [0.15, 0.2) is 11.4 Å². The number of hydrazine groups is 1. The number of methoxy groups -OCH3 is 1. The molecule has 3 aromatic rings. The molecule has 8 heteroatoms. The Labute approximate surface area is 200 Å². The molecule has 3 atom stereocenters. The van der Waals surface area contributed by atoms with Crippen molar-refractivity contribution in [3.05, 3.63) is 36.3 Å². The molecule has 1 N–H and O–H groups in total. The molecule has 5 rings (SSSR count). The van der Waals surface area contributed by atoms with Crippen LogP contribution in [0.4, 0.5) is 0 Å². The van der Waals surface area contributed by atoms with E-state index in [9.17, 15) is 4.79 Å². The number of ketones is 1. The van der Waals surface area contributed by atoms with E-state index >= 15 is 0 Å². The molecule has 0 aromatic carbocycles. The second-order valence-corrected chi connectivity index (χ2v) is 9.42. The van der Waals surface area contributed by atoms with Gasteiger partial charge in [-0.25, -0.2) is 20.0 Å². The number of aromatic amines is 1. The maximum atomic E-state index is 13.2. The van der Waals surface area contributed by atoms with Gasteiger partial charge < -0.3 is 14.5 Å². The van der Waals surface area contributed by atoms with Gasteiger partial charge in [-0.15, -0.1) is 0 Å². The molecule has 0 aliphatic carbocycles. The third-order valence-electron chi connectivity index (χ3n) is 7.42. The molecule has 5 heterocycles. The lowest BCUT2D eigenvalue weighted by atomic mass is 9.82. The Kier molecular flexibility index (Phi) is 7.20. The summed E-state index contributed by atoms with van der Waals surface area (Å²) in [5.41, 5.74) is 3.09. The molecule has 2 fully saturated rings. The normalized spacial score (nSPS) is 24.7. The van der Waals surface area contributed by atoms with E-state index in [0.29, 0.717) is 31.3 Å². The first-order valence-electron chi connectivity index (χ1n) is 12.5. The molecule has 3 aromatic heterocycles. The quantitative estimate of drug-likeness (QED) is 0.508. The van der Waals surface area contributed by atoms with Crippen LogP contribution in [0.5, 0.6) is 0 Å². The molecule has 0 bridgehead atoms. The van der Waals surface area contributed by atoms with Crippen LogP contribution in [0.1, 0.15) is 50.5 Å². The lowest BCUT2D eigenvalue weighted by Crippen LogP contribution is -2.58. The van der Waals surface area contributed by atoms with E-state index in [1.54, 1.807) is 7.11 Å². The van der Waals surface area contributed by atoms with E-state index < -0.39 is 0 Å². The zero-order valence-electron chi connectivity index (χ0n) is 20.2. The van der Waals surface area contributed by atoms with Gasteiger partial charge in [0.2, 0.25) is 0 Å². The number of nitrogens with one attached hydrogen (secondary N) is 1. The Morgan fingerprint density at radius 3 is 2.97 bits per heavy atom. The van der Waals surface area contributed by atoms with Gasteiger partial charge >= 0.3 is 0 Å². The Morgan fingerprint density at radius 1 is 1.21 bits per heavy atom. The van der Waals surface area contributed by atoms with Crippen LogP contribution in [0.3, 0.4) is 0 Å². The fourth-order valence-electron chi connectivity index (χ4n) is 5.72. The number of Topliss-reactive ketones (excluding diaryl/α,β-unsaturated/α-hetero) is 1. The Balaban J connectivity index is 1.39. The molecule has 0 radical (unpaired) electrons. The maximum Gasteiger partial charge on any atom is 0.159 e. The topological polar surface area (TPSA) is 83.6 Å². The van der Waals surface area contributed by atoms with Gasteiger partial charge in [-0.05, 0) is 49.3 Å². The van der Waals surface area contributed by atoms with Crippen molar-refractivity contribution in [3.8, 4) is 0 Å². The predicted molar refractivity (Wildman–Crippen MR) is 132 cm³/mol. The SMILES string of the molecule is CCC(=O)C1CC(c2cc[nH]c3cnc4nccc4c23)CCN1N1CCCC(OCCOC)C1. The number of carbonyl (C=O) groups excluding carboxylic acids is 1. The molecular formula is C26H35N5O3. The number of pyridine rings is 2. The molecule has 8 nitrogen and oxygen atoms in total. The van der Waals surface area contributed by atoms with Crippen molar-refractivity contribution in [3.63, 3.8) is 0 Å². The summed E-state index contributed by atoms with van der Waals surface area (Å²) in [6, 6.07) is 4.13. The van der Waals surface area contributed by atoms with Gasteiger partial charge in [0, 0.05) is 56.3 Å². The van der Waals surface area contributed by atoms with Gasteiger partial charge in [-0.1, -0.05) is 6.92 Å². The van der Waals surface area contributed by atoms with E-state index in [0.717, 1.165) is 61.9 Å². The minimum Gasteiger partial charge on any atom is -0.382 e. The number of hydrogen-bond acceptors (Lipinski definition) is 7. The van der Waals surface area contributed by atoms with Crippen molar-refractivity contribution in [2.45, 2.75) is 57.1 Å². The van der Waals surface area contributed by atoms with Gasteiger partial charge in [-0.2, -0.15) is 0 Å². The second kappa shape index (κ2) is 10.5. The van der Waals surface area contributed by atoms with Crippen LogP contribution < -0.4 is 0 Å². The van der Waals surface area contributed by atoms with Crippen LogP contribution in [-0.2, 0) is 14.3 Å². The molecule has 2 aliphatic heterocycles. The monoisotopic (exact) mass is 465 g/mol. The van der Waals surface area contributed by atoms with Gasteiger partial charge in [0.05, 0.1) is 37.1 Å². The van der Waals surface area contributed by atoms with Crippen LogP contribution in [0, 0.1) is 0 Å². The highest BCUT2D eigenvalue weighted by Crippen LogP contribution is 2.38. The van der Waals surface area contributed by atoms with Crippen molar-refractivity contribution in [1.82, 2.24) is 25.0 Å². The van der Waals surface area contributed by atoms with Crippen LogP contribution in [0.15, 0.2) is 30.7 Å². The Hall–Kier alpha value is -2.39. The minimum absolute atomic E-state index is 0.101. The molecule has 0 spiro atoms. The lowest BCUT2D eigenvalue weighted by molar-refractivity contribution is -0.151. The number of H-pyrrole nitrogens is 1. The molecule has 0 amide bonds. The van der Waals surface area contributed by atoms with E-state index in [1.165, 1.54) is 10.9 Å². The average molecular weight is 466 g/mol. The summed E-state index contributed by atoms with van der Waals surface area (Å²) in [7, 11) is 1.70. The highest BCUT2D eigenvalue weighted by Gasteiger charge is 2.38. The smallest absolute Gasteiger partial charge is 0.159 e. The third kappa shape index (κ3) is 4.60. The molecule has 3 unspecified atom stereocenters. The summed E-state index contributed by atoms with van der Waals surface area (Å²) in [6.45, 7) is 5.91.